The molecule has 5 heteroatoms. The Morgan fingerprint density at radius 2 is 1.67 bits per heavy atom. The zero-order valence-electron chi connectivity index (χ0n) is 16.8. The van der Waals surface area contributed by atoms with Gasteiger partial charge in [0, 0.05) is 18.2 Å². The van der Waals surface area contributed by atoms with E-state index in [1.165, 1.54) is 0 Å². The van der Waals surface area contributed by atoms with E-state index in [2.05, 4.69) is 22.8 Å². The molecule has 0 spiro atoms. The van der Waals surface area contributed by atoms with Crippen molar-refractivity contribution in [1.82, 2.24) is 5.32 Å². The van der Waals surface area contributed by atoms with Gasteiger partial charge in [-0.2, -0.15) is 0 Å². The highest BCUT2D eigenvalue weighted by Gasteiger charge is 2.26. The van der Waals surface area contributed by atoms with Gasteiger partial charge in [-0.05, 0) is 47.7 Å². The van der Waals surface area contributed by atoms with Crippen molar-refractivity contribution in [3.63, 3.8) is 0 Å². The molecule has 154 valence electrons. The smallest absolute Gasteiger partial charge is 0.411 e. The van der Waals surface area contributed by atoms with Crippen molar-refractivity contribution in [2.45, 2.75) is 44.2 Å². The van der Waals surface area contributed by atoms with E-state index in [0.29, 0.717) is 18.5 Å². The number of amides is 2. The average Bonchev–Trinajstić information content (AvgIpc) is 2.75. The molecule has 5 nitrogen and oxygen atoms in total. The van der Waals surface area contributed by atoms with Crippen LogP contribution in [0.5, 0.6) is 0 Å². The normalized spacial score (nSPS) is 18.5. The Labute approximate surface area is 176 Å². The van der Waals surface area contributed by atoms with E-state index < -0.39 is 6.09 Å². The number of benzene rings is 3. The van der Waals surface area contributed by atoms with Gasteiger partial charge >= 0.3 is 6.09 Å². The number of hydrogen-bond acceptors (Lipinski definition) is 3. The lowest BCUT2D eigenvalue weighted by Gasteiger charge is -2.29. The van der Waals surface area contributed by atoms with Crippen LogP contribution in [0.3, 0.4) is 0 Å². The lowest BCUT2D eigenvalue weighted by Crippen LogP contribution is -2.41. The molecule has 1 fully saturated rings. The topological polar surface area (TPSA) is 67.4 Å². The van der Waals surface area contributed by atoms with Gasteiger partial charge in [0.05, 0.1) is 6.42 Å². The van der Waals surface area contributed by atoms with Crippen molar-refractivity contribution >= 4 is 28.5 Å². The molecule has 0 bridgehead atoms. The third kappa shape index (κ3) is 5.17. The fourth-order valence-electron chi connectivity index (χ4n) is 4.10. The minimum absolute atomic E-state index is 0.00531. The Bertz CT molecular complexity index is 1010. The van der Waals surface area contributed by atoms with Crippen LogP contribution in [0.1, 0.15) is 31.2 Å². The fourth-order valence-corrected chi connectivity index (χ4v) is 4.10. The zero-order valence-corrected chi connectivity index (χ0v) is 16.8. The van der Waals surface area contributed by atoms with Gasteiger partial charge < -0.3 is 10.1 Å². The Morgan fingerprint density at radius 3 is 2.53 bits per heavy atom. The van der Waals surface area contributed by atoms with E-state index >= 15 is 0 Å². The van der Waals surface area contributed by atoms with Gasteiger partial charge in [0.15, 0.2) is 0 Å². The number of anilines is 1. The maximum atomic E-state index is 12.7. The molecule has 0 saturated heterocycles. The van der Waals surface area contributed by atoms with Crippen LogP contribution in [-0.4, -0.2) is 24.1 Å². The molecule has 2 N–H and O–H groups in total. The summed E-state index contributed by atoms with van der Waals surface area (Å²) in [6, 6.07) is 23.4. The minimum Gasteiger partial charge on any atom is -0.446 e. The average molecular weight is 402 g/mol. The summed E-state index contributed by atoms with van der Waals surface area (Å²) in [6.07, 6.45) is 2.99. The number of carbonyl (C=O) groups is 2. The first-order valence-electron chi connectivity index (χ1n) is 10.5. The Morgan fingerprint density at radius 1 is 0.900 bits per heavy atom. The molecule has 4 rings (SSSR count). The van der Waals surface area contributed by atoms with Crippen LogP contribution in [0.2, 0.25) is 0 Å². The van der Waals surface area contributed by atoms with Gasteiger partial charge in [0.2, 0.25) is 5.91 Å². The second-order valence-electron chi connectivity index (χ2n) is 7.76. The van der Waals surface area contributed by atoms with Crippen LogP contribution in [-0.2, 0) is 16.0 Å². The van der Waals surface area contributed by atoms with Crippen molar-refractivity contribution < 1.29 is 14.3 Å². The molecule has 2 amide bonds. The van der Waals surface area contributed by atoms with Gasteiger partial charge in [0.1, 0.15) is 6.10 Å². The molecule has 0 heterocycles. The molecule has 1 aliphatic rings. The number of rotatable bonds is 5. The molecule has 1 aliphatic carbocycles. The molecule has 30 heavy (non-hydrogen) atoms. The minimum atomic E-state index is -0.450. The van der Waals surface area contributed by atoms with Gasteiger partial charge in [-0.25, -0.2) is 4.79 Å². The van der Waals surface area contributed by atoms with Crippen LogP contribution in [0.15, 0.2) is 72.8 Å². The number of fused-ring (bicyclic) bond motifs is 1. The van der Waals surface area contributed by atoms with Crippen LogP contribution in [0.25, 0.3) is 10.8 Å². The summed E-state index contributed by atoms with van der Waals surface area (Å²) in [4.78, 5) is 24.8. The van der Waals surface area contributed by atoms with E-state index in [0.717, 1.165) is 35.6 Å². The Balaban J connectivity index is 1.30. The van der Waals surface area contributed by atoms with Crippen molar-refractivity contribution in [3.8, 4) is 0 Å². The van der Waals surface area contributed by atoms with Crippen LogP contribution in [0, 0.1) is 0 Å². The summed E-state index contributed by atoms with van der Waals surface area (Å²) in [6.45, 7) is 0. The third-order valence-electron chi connectivity index (χ3n) is 5.52. The lowest BCUT2D eigenvalue weighted by molar-refractivity contribution is -0.121. The number of nitrogens with one attached hydrogen (secondary N) is 2. The number of carbonyl (C=O) groups excluding carboxylic acids is 2. The van der Waals surface area contributed by atoms with Crippen molar-refractivity contribution in [2.75, 3.05) is 5.32 Å². The predicted molar refractivity (Wildman–Crippen MR) is 118 cm³/mol. The molecule has 0 aliphatic heterocycles. The van der Waals surface area contributed by atoms with Gasteiger partial charge in [0.25, 0.3) is 0 Å². The highest BCUT2D eigenvalue weighted by Crippen LogP contribution is 2.23. The molecule has 3 aromatic rings. The molecule has 0 radical (unpaired) electrons. The van der Waals surface area contributed by atoms with Crippen LogP contribution in [0.4, 0.5) is 10.5 Å². The monoisotopic (exact) mass is 402 g/mol. The standard InChI is InChI=1S/C25H26N2O3/c28-24(16-19-10-6-9-18-8-4-5-15-23(18)19)26-21-13-7-14-22(17-21)30-25(29)27-20-11-2-1-3-12-20/h1-6,8-12,15,21-22H,7,13-14,16-17H2,(H,26,28)(H,27,29)/t21-,22+/m0/s1. The predicted octanol–water partition coefficient (Wildman–Crippen LogP) is 5.06. The summed E-state index contributed by atoms with van der Waals surface area (Å²) < 4.78 is 5.58. The van der Waals surface area contributed by atoms with Crippen LogP contribution < -0.4 is 10.6 Å². The molecule has 0 aromatic heterocycles. The van der Waals surface area contributed by atoms with E-state index in [4.69, 9.17) is 4.74 Å². The first-order valence-corrected chi connectivity index (χ1v) is 10.5. The van der Waals surface area contributed by atoms with Gasteiger partial charge in [-0.3, -0.25) is 10.1 Å². The van der Waals surface area contributed by atoms with E-state index in [1.54, 1.807) is 0 Å². The van der Waals surface area contributed by atoms with Gasteiger partial charge in [-0.1, -0.05) is 60.7 Å². The fraction of sp³-hybridized carbons (Fsp3) is 0.280. The maximum Gasteiger partial charge on any atom is 0.411 e. The quantitative estimate of drug-likeness (QED) is 0.627. The highest BCUT2D eigenvalue weighted by atomic mass is 16.6. The Kier molecular flexibility index (Phi) is 6.28. The summed E-state index contributed by atoms with van der Waals surface area (Å²) >= 11 is 0. The molecule has 2 atom stereocenters. The van der Waals surface area contributed by atoms with Crippen LogP contribution >= 0.6 is 0 Å². The number of para-hydroxylation sites is 1. The zero-order chi connectivity index (χ0) is 20.8. The summed E-state index contributed by atoms with van der Waals surface area (Å²) in [5.74, 6) is 0.00531. The summed E-state index contributed by atoms with van der Waals surface area (Å²) in [5.41, 5.74) is 1.73. The largest absolute Gasteiger partial charge is 0.446 e. The van der Waals surface area contributed by atoms with Gasteiger partial charge in [-0.15, -0.1) is 0 Å². The molecule has 1 saturated carbocycles. The SMILES string of the molecule is O=C(Cc1cccc2ccccc12)N[C@H]1CCC[C@@H](OC(=O)Nc2ccccc2)C1. The second-order valence-corrected chi connectivity index (χ2v) is 7.76. The van der Waals surface area contributed by atoms with E-state index in [-0.39, 0.29) is 18.1 Å². The molecule has 3 aromatic carbocycles. The first kappa shape index (κ1) is 20.0. The van der Waals surface area contributed by atoms with Crippen molar-refractivity contribution in [3.05, 3.63) is 78.4 Å². The van der Waals surface area contributed by atoms with Crippen molar-refractivity contribution in [1.29, 1.82) is 0 Å². The summed E-state index contributed by atoms with van der Waals surface area (Å²) in [5, 5.41) is 8.13. The number of ether oxygens (including phenoxy) is 1. The third-order valence-corrected chi connectivity index (χ3v) is 5.52. The molecular formula is C25H26N2O3. The Hall–Kier alpha value is -3.34. The van der Waals surface area contributed by atoms with Crippen molar-refractivity contribution in [2.24, 2.45) is 0 Å². The number of hydrogen-bond donors (Lipinski definition) is 2. The van der Waals surface area contributed by atoms with E-state index in [9.17, 15) is 9.59 Å². The highest BCUT2D eigenvalue weighted by molar-refractivity contribution is 5.90. The summed E-state index contributed by atoms with van der Waals surface area (Å²) in [7, 11) is 0. The molecular weight excluding hydrogens is 376 g/mol. The first-order chi connectivity index (χ1) is 14.7. The lowest BCUT2D eigenvalue weighted by atomic mass is 9.92. The maximum absolute atomic E-state index is 12.7. The molecule has 0 unspecified atom stereocenters. The second kappa shape index (κ2) is 9.44. The van der Waals surface area contributed by atoms with E-state index in [1.807, 2.05) is 60.7 Å².